The first kappa shape index (κ1) is 24.1. The first-order valence-corrected chi connectivity index (χ1v) is 11.0. The Hall–Kier alpha value is -2.54. The second kappa shape index (κ2) is 9.94. The monoisotopic (exact) mass is 476 g/mol. The van der Waals surface area contributed by atoms with Gasteiger partial charge in [0.05, 0.1) is 35.1 Å². The molecule has 32 heavy (non-hydrogen) atoms. The van der Waals surface area contributed by atoms with E-state index in [4.69, 9.17) is 32.7 Å². The lowest BCUT2D eigenvalue weighted by Gasteiger charge is -2.16. The highest BCUT2D eigenvalue weighted by Crippen LogP contribution is 2.34. The van der Waals surface area contributed by atoms with Crippen molar-refractivity contribution in [1.82, 2.24) is 9.47 Å². The van der Waals surface area contributed by atoms with Gasteiger partial charge in [0, 0.05) is 35.8 Å². The Morgan fingerprint density at radius 1 is 1.16 bits per heavy atom. The quantitative estimate of drug-likeness (QED) is 0.411. The number of halogens is 2. The molecule has 6 nitrogen and oxygen atoms in total. The lowest BCUT2D eigenvalue weighted by molar-refractivity contribution is -0.138. The normalized spacial score (nSPS) is 15.3. The number of aryl methyl sites for hydroxylation is 1. The smallest absolute Gasteiger partial charge is 0.340 e. The van der Waals surface area contributed by atoms with Crippen molar-refractivity contribution in [2.24, 2.45) is 0 Å². The standard InChI is InChI=1S/C24H26Cl2N2O4/c1-6-32-24(30)22-16(4)27(9-10-31-5)23(29)19(22)12-17-11-14(2)28(15(17)3)21-8-7-18(25)13-20(21)26/h7-8,11-13H,6,9-10H2,1-5H3. The second-order valence-electron chi connectivity index (χ2n) is 7.45. The van der Waals surface area contributed by atoms with Crippen LogP contribution in [0, 0.1) is 13.8 Å². The number of nitrogens with zero attached hydrogens (tertiary/aromatic N) is 2. The fraction of sp³-hybridized carbons (Fsp3) is 0.333. The summed E-state index contributed by atoms with van der Waals surface area (Å²) in [6, 6.07) is 7.27. The Morgan fingerprint density at radius 3 is 2.50 bits per heavy atom. The van der Waals surface area contributed by atoms with Gasteiger partial charge >= 0.3 is 5.97 Å². The fourth-order valence-corrected chi connectivity index (χ4v) is 4.40. The lowest BCUT2D eigenvalue weighted by Crippen LogP contribution is -2.28. The molecule has 1 amide bonds. The molecule has 2 aromatic rings. The van der Waals surface area contributed by atoms with E-state index in [9.17, 15) is 9.59 Å². The maximum absolute atomic E-state index is 13.2. The minimum absolute atomic E-state index is 0.221. The molecule has 170 valence electrons. The first-order chi connectivity index (χ1) is 15.2. The van der Waals surface area contributed by atoms with E-state index in [1.807, 2.05) is 30.5 Å². The predicted octanol–water partition coefficient (Wildman–Crippen LogP) is 5.11. The second-order valence-corrected chi connectivity index (χ2v) is 8.29. The summed E-state index contributed by atoms with van der Waals surface area (Å²) >= 11 is 12.5. The van der Waals surface area contributed by atoms with Crippen LogP contribution in [-0.2, 0) is 19.1 Å². The number of ether oxygens (including phenoxy) is 2. The summed E-state index contributed by atoms with van der Waals surface area (Å²) in [7, 11) is 1.57. The average molecular weight is 477 g/mol. The summed E-state index contributed by atoms with van der Waals surface area (Å²) in [4.78, 5) is 27.5. The van der Waals surface area contributed by atoms with E-state index in [2.05, 4.69) is 0 Å². The van der Waals surface area contributed by atoms with Crippen molar-refractivity contribution in [3.8, 4) is 5.69 Å². The number of rotatable bonds is 7. The van der Waals surface area contributed by atoms with Crippen LogP contribution in [-0.4, -0.2) is 48.2 Å². The van der Waals surface area contributed by atoms with E-state index in [-0.39, 0.29) is 18.1 Å². The molecule has 0 N–H and O–H groups in total. The van der Waals surface area contributed by atoms with Gasteiger partial charge < -0.3 is 18.9 Å². The van der Waals surface area contributed by atoms with Crippen LogP contribution < -0.4 is 0 Å². The van der Waals surface area contributed by atoms with Gasteiger partial charge in [0.25, 0.3) is 5.91 Å². The minimum Gasteiger partial charge on any atom is -0.462 e. The van der Waals surface area contributed by atoms with Crippen LogP contribution in [0.4, 0.5) is 0 Å². The number of methoxy groups -OCH3 is 1. The highest BCUT2D eigenvalue weighted by atomic mass is 35.5. The van der Waals surface area contributed by atoms with Crippen molar-refractivity contribution >= 4 is 41.2 Å². The van der Waals surface area contributed by atoms with Crippen molar-refractivity contribution in [3.05, 3.63) is 68.1 Å². The van der Waals surface area contributed by atoms with E-state index in [1.165, 1.54) is 0 Å². The number of hydrogen-bond donors (Lipinski definition) is 0. The molecule has 0 saturated heterocycles. The van der Waals surface area contributed by atoms with Crippen molar-refractivity contribution in [2.75, 3.05) is 26.9 Å². The number of esters is 1. The minimum atomic E-state index is -0.515. The Balaban J connectivity index is 2.11. The van der Waals surface area contributed by atoms with Gasteiger partial charge in [-0.1, -0.05) is 23.2 Å². The number of hydrogen-bond acceptors (Lipinski definition) is 4. The van der Waals surface area contributed by atoms with Gasteiger partial charge in [0.1, 0.15) is 0 Å². The molecule has 0 aliphatic carbocycles. The van der Waals surface area contributed by atoms with Crippen molar-refractivity contribution in [3.63, 3.8) is 0 Å². The summed E-state index contributed by atoms with van der Waals surface area (Å²) in [6.45, 7) is 8.30. The zero-order chi connectivity index (χ0) is 23.6. The van der Waals surface area contributed by atoms with Crippen LogP contribution in [0.2, 0.25) is 10.0 Å². The largest absolute Gasteiger partial charge is 0.462 e. The predicted molar refractivity (Wildman–Crippen MR) is 126 cm³/mol. The fourth-order valence-electron chi connectivity index (χ4n) is 3.90. The first-order valence-electron chi connectivity index (χ1n) is 10.3. The van der Waals surface area contributed by atoms with Gasteiger partial charge in [0.2, 0.25) is 0 Å². The maximum atomic E-state index is 13.2. The molecular weight excluding hydrogens is 451 g/mol. The van der Waals surface area contributed by atoms with Gasteiger partial charge in [0.15, 0.2) is 0 Å². The van der Waals surface area contributed by atoms with E-state index < -0.39 is 5.97 Å². The van der Waals surface area contributed by atoms with Crippen LogP contribution in [0.15, 0.2) is 41.1 Å². The molecular formula is C24H26Cl2N2O4. The zero-order valence-electron chi connectivity index (χ0n) is 18.8. The third-order valence-corrected chi connectivity index (χ3v) is 5.97. The molecule has 0 spiro atoms. The number of amides is 1. The molecule has 0 saturated carbocycles. The Labute approximate surface area is 198 Å². The number of aromatic nitrogens is 1. The molecule has 2 heterocycles. The Bertz CT molecular complexity index is 1130. The molecule has 0 atom stereocenters. The van der Waals surface area contributed by atoms with Gasteiger partial charge in [-0.15, -0.1) is 0 Å². The topological polar surface area (TPSA) is 60.8 Å². The average Bonchev–Trinajstić information content (AvgIpc) is 3.13. The molecule has 1 aromatic heterocycles. The summed E-state index contributed by atoms with van der Waals surface area (Å²) in [5, 5.41) is 1.07. The SMILES string of the molecule is CCOC(=O)C1=C(C)N(CCOC)C(=O)C1=Cc1cc(C)n(-c2ccc(Cl)cc2Cl)c1C. The number of carbonyl (C=O) groups excluding carboxylic acids is 2. The summed E-state index contributed by atoms with van der Waals surface area (Å²) in [5.41, 5.74) is 4.54. The number of carbonyl (C=O) groups is 2. The summed E-state index contributed by atoms with van der Waals surface area (Å²) < 4.78 is 12.4. The van der Waals surface area contributed by atoms with Gasteiger partial charge in [-0.3, -0.25) is 4.79 Å². The van der Waals surface area contributed by atoms with E-state index in [0.717, 1.165) is 22.6 Å². The van der Waals surface area contributed by atoms with Crippen molar-refractivity contribution < 1.29 is 19.1 Å². The highest BCUT2D eigenvalue weighted by Gasteiger charge is 2.37. The Kier molecular flexibility index (Phi) is 7.49. The van der Waals surface area contributed by atoms with Crippen LogP contribution in [0.3, 0.4) is 0 Å². The molecule has 1 aromatic carbocycles. The van der Waals surface area contributed by atoms with E-state index in [1.54, 1.807) is 44.1 Å². The van der Waals surface area contributed by atoms with Gasteiger partial charge in [-0.25, -0.2) is 4.79 Å². The molecule has 1 aliphatic rings. The molecule has 3 rings (SSSR count). The lowest BCUT2D eigenvalue weighted by atomic mass is 10.0. The molecule has 1 aliphatic heterocycles. The van der Waals surface area contributed by atoms with E-state index in [0.29, 0.717) is 34.5 Å². The number of benzene rings is 1. The zero-order valence-corrected chi connectivity index (χ0v) is 20.3. The molecule has 0 radical (unpaired) electrons. The van der Waals surface area contributed by atoms with E-state index >= 15 is 0 Å². The molecule has 0 bridgehead atoms. The van der Waals surface area contributed by atoms with Gasteiger partial charge in [-0.05, 0) is 63.6 Å². The third kappa shape index (κ3) is 4.49. The van der Waals surface area contributed by atoms with Crippen molar-refractivity contribution in [1.29, 1.82) is 0 Å². The molecule has 8 heteroatoms. The number of allylic oxidation sites excluding steroid dienone is 1. The van der Waals surface area contributed by atoms with Crippen molar-refractivity contribution in [2.45, 2.75) is 27.7 Å². The van der Waals surface area contributed by atoms with Crippen LogP contribution in [0.5, 0.6) is 0 Å². The molecule has 0 unspecified atom stereocenters. The summed E-state index contributed by atoms with van der Waals surface area (Å²) in [6.07, 6.45) is 1.74. The molecule has 0 fully saturated rings. The van der Waals surface area contributed by atoms with Crippen LogP contribution in [0.1, 0.15) is 30.8 Å². The van der Waals surface area contributed by atoms with Crippen LogP contribution in [0.25, 0.3) is 11.8 Å². The third-order valence-electron chi connectivity index (χ3n) is 5.43. The maximum Gasteiger partial charge on any atom is 0.340 e. The summed E-state index contributed by atoms with van der Waals surface area (Å²) in [5.74, 6) is -0.768. The van der Waals surface area contributed by atoms with Crippen LogP contribution >= 0.6 is 23.2 Å². The Morgan fingerprint density at radius 2 is 1.88 bits per heavy atom. The highest BCUT2D eigenvalue weighted by molar-refractivity contribution is 6.35. The van der Waals surface area contributed by atoms with Gasteiger partial charge in [-0.2, -0.15) is 0 Å².